The zero-order chi connectivity index (χ0) is 12.3. The molecule has 1 aliphatic carbocycles. The van der Waals surface area contributed by atoms with E-state index in [0.29, 0.717) is 17.1 Å². The zero-order valence-electron chi connectivity index (χ0n) is 10.3. The molecule has 1 aliphatic rings. The third-order valence-electron chi connectivity index (χ3n) is 2.55. The molecule has 0 radical (unpaired) electrons. The average molecular weight is 250 g/mol. The van der Waals surface area contributed by atoms with E-state index < -0.39 is 0 Å². The van der Waals surface area contributed by atoms with Crippen LogP contribution in [0.15, 0.2) is 24.3 Å². The molecule has 17 heavy (non-hydrogen) atoms. The molecule has 3 heteroatoms. The van der Waals surface area contributed by atoms with E-state index in [1.54, 1.807) is 11.8 Å². The fraction of sp³-hybridized carbons (Fsp3) is 0.500. The van der Waals surface area contributed by atoms with Gasteiger partial charge in [0.2, 0.25) is 0 Å². The van der Waals surface area contributed by atoms with Gasteiger partial charge in [0.15, 0.2) is 5.78 Å². The zero-order valence-corrected chi connectivity index (χ0v) is 11.1. The molecule has 0 atom stereocenters. The fourth-order valence-corrected chi connectivity index (χ4v) is 2.07. The second kappa shape index (κ2) is 5.58. The third kappa shape index (κ3) is 4.08. The van der Waals surface area contributed by atoms with E-state index in [9.17, 15) is 4.79 Å². The highest BCUT2D eigenvalue weighted by molar-refractivity contribution is 8.00. The Morgan fingerprint density at radius 2 is 2.00 bits per heavy atom. The smallest absolute Gasteiger partial charge is 0.172 e. The lowest BCUT2D eigenvalue weighted by molar-refractivity contribution is 0.102. The molecule has 2 nitrogen and oxygen atoms in total. The van der Waals surface area contributed by atoms with Gasteiger partial charge in [0.25, 0.3) is 0 Å². The van der Waals surface area contributed by atoms with Crippen molar-refractivity contribution in [3.8, 4) is 5.75 Å². The predicted octanol–water partition coefficient (Wildman–Crippen LogP) is 3.55. The van der Waals surface area contributed by atoms with Gasteiger partial charge in [-0.05, 0) is 42.4 Å². The number of thioether (sulfide) groups is 1. The van der Waals surface area contributed by atoms with Crippen LogP contribution in [0.2, 0.25) is 0 Å². The number of Topliss-reactive ketones (excluding diaryl/α,β-unsaturated/α-hetero) is 1. The Bertz CT molecular complexity index is 380. The van der Waals surface area contributed by atoms with Gasteiger partial charge >= 0.3 is 0 Å². The van der Waals surface area contributed by atoms with Crippen molar-refractivity contribution in [1.82, 2.24) is 0 Å². The van der Waals surface area contributed by atoms with E-state index in [-0.39, 0.29) is 5.78 Å². The summed E-state index contributed by atoms with van der Waals surface area (Å²) in [6.45, 7) is 4.20. The molecule has 0 aliphatic heterocycles. The van der Waals surface area contributed by atoms with Crippen LogP contribution in [0.3, 0.4) is 0 Å². The summed E-state index contributed by atoms with van der Waals surface area (Å²) in [4.78, 5) is 11.8. The molecule has 1 aromatic rings. The Balaban J connectivity index is 1.89. The minimum Gasteiger partial charge on any atom is -0.490 e. The summed E-state index contributed by atoms with van der Waals surface area (Å²) in [5.41, 5.74) is 0.779. The van der Waals surface area contributed by atoms with E-state index in [1.807, 2.05) is 24.3 Å². The maximum absolute atomic E-state index is 11.8. The van der Waals surface area contributed by atoms with Crippen molar-refractivity contribution in [2.75, 3.05) is 5.75 Å². The van der Waals surface area contributed by atoms with Crippen LogP contribution in [-0.4, -0.2) is 22.9 Å². The molecule has 1 fully saturated rings. The molecule has 0 spiro atoms. The molecule has 0 amide bonds. The van der Waals surface area contributed by atoms with Crippen LogP contribution in [0.4, 0.5) is 0 Å². The number of ketones is 1. The maximum atomic E-state index is 11.8. The molecule has 0 N–H and O–H groups in total. The van der Waals surface area contributed by atoms with Crippen LogP contribution in [0.5, 0.6) is 5.75 Å². The average Bonchev–Trinajstić information content (AvgIpc) is 3.11. The molecule has 0 aromatic heterocycles. The van der Waals surface area contributed by atoms with Crippen LogP contribution in [0.1, 0.15) is 37.0 Å². The monoisotopic (exact) mass is 250 g/mol. The Morgan fingerprint density at radius 3 is 2.53 bits per heavy atom. The first-order chi connectivity index (χ1) is 8.15. The van der Waals surface area contributed by atoms with Gasteiger partial charge in [0.1, 0.15) is 5.75 Å². The Hall–Kier alpha value is -0.960. The van der Waals surface area contributed by atoms with E-state index in [4.69, 9.17) is 4.74 Å². The van der Waals surface area contributed by atoms with Crippen molar-refractivity contribution >= 4 is 17.5 Å². The standard InChI is InChI=1S/C14H18O2S/c1-10(2)17-9-14(15)11-3-5-12(6-4-11)16-13-7-8-13/h3-6,10,13H,7-9H2,1-2H3. The van der Waals surface area contributed by atoms with E-state index in [0.717, 1.165) is 24.2 Å². The summed E-state index contributed by atoms with van der Waals surface area (Å²) in [6.07, 6.45) is 2.73. The summed E-state index contributed by atoms with van der Waals surface area (Å²) in [5.74, 6) is 1.63. The van der Waals surface area contributed by atoms with Crippen LogP contribution in [0, 0.1) is 0 Å². The van der Waals surface area contributed by atoms with Gasteiger partial charge in [-0.15, -0.1) is 0 Å². The number of hydrogen-bond donors (Lipinski definition) is 0. The first-order valence-corrected chi connectivity index (χ1v) is 7.11. The molecule has 0 unspecified atom stereocenters. The van der Waals surface area contributed by atoms with Crippen LogP contribution in [-0.2, 0) is 0 Å². The van der Waals surface area contributed by atoms with Crippen molar-refractivity contribution in [1.29, 1.82) is 0 Å². The lowest BCUT2D eigenvalue weighted by atomic mass is 10.1. The molecule has 0 bridgehead atoms. The number of ether oxygens (including phenoxy) is 1. The number of hydrogen-bond acceptors (Lipinski definition) is 3. The van der Waals surface area contributed by atoms with Crippen molar-refractivity contribution in [2.45, 2.75) is 38.0 Å². The quantitative estimate of drug-likeness (QED) is 0.722. The highest BCUT2D eigenvalue weighted by atomic mass is 32.2. The van der Waals surface area contributed by atoms with Crippen LogP contribution >= 0.6 is 11.8 Å². The largest absolute Gasteiger partial charge is 0.490 e. The van der Waals surface area contributed by atoms with Gasteiger partial charge in [-0.3, -0.25) is 4.79 Å². The number of carbonyl (C=O) groups is 1. The molecule has 2 rings (SSSR count). The molecule has 1 saturated carbocycles. The minimum absolute atomic E-state index is 0.196. The van der Waals surface area contributed by atoms with Crippen LogP contribution in [0.25, 0.3) is 0 Å². The normalized spacial score (nSPS) is 15.0. The van der Waals surface area contributed by atoms with Gasteiger partial charge in [-0.25, -0.2) is 0 Å². The third-order valence-corrected chi connectivity index (χ3v) is 3.65. The maximum Gasteiger partial charge on any atom is 0.172 e. The second-order valence-corrected chi connectivity index (χ2v) is 6.19. The second-order valence-electron chi connectivity index (χ2n) is 4.62. The van der Waals surface area contributed by atoms with Gasteiger partial charge in [-0.1, -0.05) is 13.8 Å². The fourth-order valence-electron chi connectivity index (χ4n) is 1.42. The van der Waals surface area contributed by atoms with E-state index in [2.05, 4.69) is 13.8 Å². The lowest BCUT2D eigenvalue weighted by Gasteiger charge is -2.06. The Morgan fingerprint density at radius 1 is 1.35 bits per heavy atom. The molecular formula is C14H18O2S. The number of carbonyl (C=O) groups excluding carboxylic acids is 1. The van der Waals surface area contributed by atoms with Crippen molar-refractivity contribution in [3.05, 3.63) is 29.8 Å². The molecule has 1 aromatic carbocycles. The number of benzene rings is 1. The molecular weight excluding hydrogens is 232 g/mol. The Kier molecular flexibility index (Phi) is 4.11. The van der Waals surface area contributed by atoms with Crippen molar-refractivity contribution < 1.29 is 9.53 Å². The van der Waals surface area contributed by atoms with Gasteiger partial charge < -0.3 is 4.74 Å². The summed E-state index contributed by atoms with van der Waals surface area (Å²) < 4.78 is 5.64. The highest BCUT2D eigenvalue weighted by Crippen LogP contribution is 2.26. The first-order valence-electron chi connectivity index (χ1n) is 6.06. The first kappa shape index (κ1) is 12.5. The van der Waals surface area contributed by atoms with E-state index >= 15 is 0 Å². The summed E-state index contributed by atoms with van der Waals surface area (Å²) in [5, 5.41) is 0.497. The predicted molar refractivity (Wildman–Crippen MR) is 72.0 cm³/mol. The van der Waals surface area contributed by atoms with E-state index in [1.165, 1.54) is 0 Å². The topological polar surface area (TPSA) is 26.3 Å². The van der Waals surface area contributed by atoms with Crippen LogP contribution < -0.4 is 4.74 Å². The van der Waals surface area contributed by atoms with Gasteiger partial charge in [-0.2, -0.15) is 11.8 Å². The summed E-state index contributed by atoms with van der Waals surface area (Å²) in [7, 11) is 0. The highest BCUT2D eigenvalue weighted by Gasteiger charge is 2.23. The molecule has 0 heterocycles. The summed E-state index contributed by atoms with van der Waals surface area (Å²) in [6, 6.07) is 7.51. The Labute approximate surface area is 107 Å². The van der Waals surface area contributed by atoms with Gasteiger partial charge in [0, 0.05) is 5.56 Å². The van der Waals surface area contributed by atoms with Crippen molar-refractivity contribution in [2.24, 2.45) is 0 Å². The van der Waals surface area contributed by atoms with Crippen molar-refractivity contribution in [3.63, 3.8) is 0 Å². The van der Waals surface area contributed by atoms with Gasteiger partial charge in [0.05, 0.1) is 11.9 Å². The number of rotatable bonds is 6. The minimum atomic E-state index is 0.196. The lowest BCUT2D eigenvalue weighted by Crippen LogP contribution is -2.05. The molecule has 92 valence electrons. The summed E-state index contributed by atoms with van der Waals surface area (Å²) >= 11 is 1.68. The molecule has 0 saturated heterocycles. The SMILES string of the molecule is CC(C)SCC(=O)c1ccc(OC2CC2)cc1.